The Balaban J connectivity index is 1.51. The number of carbonyl (C=O) groups is 2. The summed E-state index contributed by atoms with van der Waals surface area (Å²) >= 11 is 6.51. The fourth-order valence-corrected chi connectivity index (χ4v) is 4.62. The van der Waals surface area contributed by atoms with Crippen LogP contribution in [0.1, 0.15) is 56.1 Å². The number of unbranched alkanes of at least 4 members (excludes halogenated alkanes) is 1. The first-order valence-electron chi connectivity index (χ1n) is 13.2. The number of rotatable bonds is 14. The average molecular weight is 566 g/mol. The first-order chi connectivity index (χ1) is 19.4. The Morgan fingerprint density at radius 2 is 1.88 bits per heavy atom. The number of nitrogens with one attached hydrogen (secondary N) is 1. The topological polar surface area (TPSA) is 162 Å². The molecule has 2 aromatic carbocycles. The van der Waals surface area contributed by atoms with E-state index >= 15 is 0 Å². The minimum Gasteiger partial charge on any atom is -0.481 e. The number of aliphatic carboxylic acids is 1. The zero-order valence-corrected chi connectivity index (χ0v) is 23.0. The van der Waals surface area contributed by atoms with E-state index in [4.69, 9.17) is 27.2 Å². The van der Waals surface area contributed by atoms with Crippen molar-refractivity contribution in [1.82, 2.24) is 30.2 Å². The third-order valence-electron chi connectivity index (χ3n) is 6.54. The molecule has 4 N–H and O–H groups in total. The molecule has 4 aromatic rings. The molecule has 0 spiro atoms. The summed E-state index contributed by atoms with van der Waals surface area (Å²) in [5, 5.41) is 23.5. The number of benzene rings is 2. The molecule has 0 aliphatic rings. The van der Waals surface area contributed by atoms with E-state index in [1.54, 1.807) is 0 Å². The van der Waals surface area contributed by atoms with Crippen molar-refractivity contribution in [3.8, 4) is 22.5 Å². The van der Waals surface area contributed by atoms with E-state index in [-0.39, 0.29) is 24.6 Å². The molecule has 2 heterocycles. The van der Waals surface area contributed by atoms with Gasteiger partial charge in [-0.15, -0.1) is 10.2 Å². The van der Waals surface area contributed by atoms with Gasteiger partial charge in [0.15, 0.2) is 5.15 Å². The fourth-order valence-electron chi connectivity index (χ4n) is 4.37. The number of halogens is 1. The number of imidazole rings is 1. The van der Waals surface area contributed by atoms with Gasteiger partial charge < -0.3 is 20.1 Å². The van der Waals surface area contributed by atoms with Crippen molar-refractivity contribution < 1.29 is 19.4 Å². The van der Waals surface area contributed by atoms with Crippen LogP contribution < -0.4 is 5.73 Å². The molecule has 2 aromatic heterocycles. The first-order valence-corrected chi connectivity index (χ1v) is 13.5. The highest BCUT2D eigenvalue weighted by Crippen LogP contribution is 2.30. The van der Waals surface area contributed by atoms with Crippen molar-refractivity contribution in [2.24, 2.45) is 5.73 Å². The minimum absolute atomic E-state index is 0.0537. The first kappa shape index (κ1) is 28.9. The van der Waals surface area contributed by atoms with E-state index in [0.717, 1.165) is 47.3 Å². The van der Waals surface area contributed by atoms with Crippen LogP contribution in [-0.4, -0.2) is 53.3 Å². The third kappa shape index (κ3) is 7.30. The number of nitrogens with two attached hydrogens (primary N) is 1. The predicted octanol–water partition coefficient (Wildman–Crippen LogP) is 4.40. The number of aryl methyl sites for hydroxylation is 1. The normalized spacial score (nSPS) is 11.9. The monoisotopic (exact) mass is 565 g/mol. The number of carbonyl (C=O) groups excluding carboxylic acids is 1. The summed E-state index contributed by atoms with van der Waals surface area (Å²) < 4.78 is 7.46. The summed E-state index contributed by atoms with van der Waals surface area (Å²) in [6.45, 7) is 2.51. The number of ether oxygens (including phenoxy) is 1. The van der Waals surface area contributed by atoms with Crippen LogP contribution >= 0.6 is 11.6 Å². The summed E-state index contributed by atoms with van der Waals surface area (Å²) in [5.41, 5.74) is 10.4. The SMILES string of the molecule is CCCCc1nc(Cl)c(COC(=O)[C@H](N)CCCC(=O)O)n1Cc1ccc(-c2ccccc2-c2nn[nH]n2)cc1. The van der Waals surface area contributed by atoms with Gasteiger partial charge in [0.25, 0.3) is 0 Å². The fraction of sp³-hybridized carbons (Fsp3) is 0.357. The number of hydrogen-bond acceptors (Lipinski definition) is 8. The Bertz CT molecular complexity index is 1420. The molecule has 0 unspecified atom stereocenters. The maximum atomic E-state index is 12.5. The molecule has 0 fully saturated rings. The van der Waals surface area contributed by atoms with Crippen molar-refractivity contribution in [3.05, 3.63) is 70.8 Å². The van der Waals surface area contributed by atoms with Gasteiger partial charge in [-0.3, -0.25) is 9.59 Å². The van der Waals surface area contributed by atoms with E-state index in [9.17, 15) is 9.59 Å². The Labute approximate surface area is 236 Å². The number of aromatic amines is 1. The van der Waals surface area contributed by atoms with Crippen molar-refractivity contribution >= 4 is 23.5 Å². The van der Waals surface area contributed by atoms with E-state index in [1.165, 1.54) is 0 Å². The van der Waals surface area contributed by atoms with Crippen LogP contribution in [0.3, 0.4) is 0 Å². The molecule has 11 nitrogen and oxygen atoms in total. The summed E-state index contributed by atoms with van der Waals surface area (Å²) in [4.78, 5) is 27.7. The Morgan fingerprint density at radius 3 is 2.55 bits per heavy atom. The summed E-state index contributed by atoms with van der Waals surface area (Å²) in [5.74, 6) is -0.196. The van der Waals surface area contributed by atoms with E-state index < -0.39 is 18.0 Å². The molecule has 40 heavy (non-hydrogen) atoms. The molecule has 0 aliphatic heterocycles. The van der Waals surface area contributed by atoms with E-state index in [1.807, 2.05) is 53.1 Å². The second-order valence-electron chi connectivity index (χ2n) is 9.43. The van der Waals surface area contributed by atoms with Crippen LogP contribution in [0.5, 0.6) is 0 Å². The number of hydrogen-bond donors (Lipinski definition) is 3. The highest BCUT2D eigenvalue weighted by molar-refractivity contribution is 6.30. The molecular weight excluding hydrogens is 534 g/mol. The number of nitrogens with zero attached hydrogens (tertiary/aromatic N) is 5. The smallest absolute Gasteiger partial charge is 0.323 e. The van der Waals surface area contributed by atoms with Crippen LogP contribution in [0.25, 0.3) is 22.5 Å². The van der Waals surface area contributed by atoms with E-state index in [0.29, 0.717) is 24.5 Å². The summed E-state index contributed by atoms with van der Waals surface area (Å²) in [6.07, 6.45) is 3.13. The molecule has 0 bridgehead atoms. The highest BCUT2D eigenvalue weighted by Gasteiger charge is 2.21. The lowest BCUT2D eigenvalue weighted by molar-refractivity contribution is -0.147. The zero-order valence-electron chi connectivity index (χ0n) is 22.2. The number of esters is 1. The Kier molecular flexibility index (Phi) is 9.98. The van der Waals surface area contributed by atoms with Gasteiger partial charge in [0, 0.05) is 24.9 Å². The lowest BCUT2D eigenvalue weighted by Crippen LogP contribution is -2.32. The lowest BCUT2D eigenvalue weighted by atomic mass is 9.98. The van der Waals surface area contributed by atoms with Crippen LogP contribution in [0.2, 0.25) is 5.15 Å². The second-order valence-corrected chi connectivity index (χ2v) is 9.79. The van der Waals surface area contributed by atoms with Crippen molar-refractivity contribution in [1.29, 1.82) is 0 Å². The highest BCUT2D eigenvalue weighted by atomic mass is 35.5. The predicted molar refractivity (Wildman–Crippen MR) is 149 cm³/mol. The number of carboxylic acid groups (broad SMARTS) is 1. The summed E-state index contributed by atoms with van der Waals surface area (Å²) in [7, 11) is 0. The second kappa shape index (κ2) is 13.8. The van der Waals surface area contributed by atoms with E-state index in [2.05, 4.69) is 32.5 Å². The van der Waals surface area contributed by atoms with Gasteiger partial charge in [-0.2, -0.15) is 5.21 Å². The largest absolute Gasteiger partial charge is 0.481 e. The number of tetrazole rings is 1. The molecule has 0 saturated heterocycles. The zero-order chi connectivity index (χ0) is 28.5. The molecule has 1 atom stereocenters. The molecule has 4 rings (SSSR count). The Morgan fingerprint density at radius 1 is 1.12 bits per heavy atom. The van der Waals surface area contributed by atoms with Crippen molar-refractivity contribution in [3.63, 3.8) is 0 Å². The number of aromatic nitrogens is 6. The van der Waals surface area contributed by atoms with Crippen LogP contribution in [0.15, 0.2) is 48.5 Å². The van der Waals surface area contributed by atoms with Crippen LogP contribution in [0, 0.1) is 0 Å². The van der Waals surface area contributed by atoms with Gasteiger partial charge in [0.2, 0.25) is 5.82 Å². The Hall–Kier alpha value is -4.09. The lowest BCUT2D eigenvalue weighted by Gasteiger charge is -2.15. The van der Waals surface area contributed by atoms with Gasteiger partial charge in [0.05, 0.1) is 5.69 Å². The molecule has 0 aliphatic carbocycles. The summed E-state index contributed by atoms with van der Waals surface area (Å²) in [6, 6.07) is 15.1. The van der Waals surface area contributed by atoms with Crippen LogP contribution in [0.4, 0.5) is 0 Å². The number of H-pyrrole nitrogens is 1. The van der Waals surface area contributed by atoms with Gasteiger partial charge in [-0.25, -0.2) is 4.98 Å². The average Bonchev–Trinajstić information content (AvgIpc) is 3.59. The standard InChI is InChI=1S/C28H32ClN7O4/c1-2-3-10-24-31-26(29)23(17-40-28(39)22(30)9-6-11-25(37)38)36(24)16-18-12-14-19(15-13-18)20-7-4-5-8-21(20)27-32-34-35-33-27/h4-5,7-8,12-15,22H,2-3,6,9-11,16-17,30H2,1H3,(H,37,38)(H,32,33,34,35)/t22-/m1/s1. The number of carboxylic acids is 1. The molecule has 12 heteroatoms. The molecule has 0 saturated carbocycles. The van der Waals surface area contributed by atoms with Gasteiger partial charge >= 0.3 is 11.9 Å². The molecule has 0 amide bonds. The maximum Gasteiger partial charge on any atom is 0.323 e. The minimum atomic E-state index is -0.930. The van der Waals surface area contributed by atoms with Crippen LogP contribution in [-0.2, 0) is 33.9 Å². The third-order valence-corrected chi connectivity index (χ3v) is 6.84. The van der Waals surface area contributed by atoms with Crippen molar-refractivity contribution in [2.75, 3.05) is 0 Å². The van der Waals surface area contributed by atoms with Gasteiger partial charge in [0.1, 0.15) is 18.5 Å². The quantitative estimate of drug-likeness (QED) is 0.188. The van der Waals surface area contributed by atoms with Gasteiger partial charge in [-0.05, 0) is 41.2 Å². The maximum absolute atomic E-state index is 12.5. The molecule has 0 radical (unpaired) electrons. The molecule has 210 valence electrons. The molecular formula is C28H32ClN7O4. The van der Waals surface area contributed by atoms with Gasteiger partial charge in [-0.1, -0.05) is 73.5 Å². The van der Waals surface area contributed by atoms with Crippen molar-refractivity contribution in [2.45, 2.75) is 64.6 Å².